The van der Waals surface area contributed by atoms with Crippen molar-refractivity contribution in [2.24, 2.45) is 0 Å². The average molecular weight is 273 g/mol. The van der Waals surface area contributed by atoms with Crippen LogP contribution in [0.2, 0.25) is 0 Å². The van der Waals surface area contributed by atoms with Crippen LogP contribution in [-0.2, 0) is 9.59 Å². The molecule has 1 unspecified atom stereocenters. The lowest BCUT2D eigenvalue weighted by Crippen LogP contribution is -2.53. The second-order valence-corrected chi connectivity index (χ2v) is 5.85. The minimum atomic E-state index is -0.942. The topological polar surface area (TPSA) is 57.6 Å². The molecule has 18 heavy (non-hydrogen) atoms. The van der Waals surface area contributed by atoms with E-state index in [4.69, 9.17) is 0 Å². The molecule has 1 fully saturated rings. The van der Waals surface area contributed by atoms with Gasteiger partial charge in [0.1, 0.15) is 5.54 Å². The van der Waals surface area contributed by atoms with Crippen LogP contribution in [0.5, 0.6) is 0 Å². The molecule has 1 amide bonds. The van der Waals surface area contributed by atoms with Crippen LogP contribution in [-0.4, -0.2) is 45.5 Å². The first-order valence-electron chi connectivity index (χ1n) is 6.70. The Balaban J connectivity index is 2.58. The number of rotatable bonds is 7. The fraction of sp³-hybridized carbons (Fsp3) is 0.846. The van der Waals surface area contributed by atoms with Crippen molar-refractivity contribution in [2.75, 3.05) is 18.1 Å². The number of likely N-dealkylation sites (tertiary alicyclic amines) is 1. The molecule has 1 aliphatic heterocycles. The zero-order valence-corrected chi connectivity index (χ0v) is 12.1. The molecule has 1 atom stereocenters. The zero-order valence-electron chi connectivity index (χ0n) is 11.3. The number of carbonyl (C=O) groups excluding carboxylic acids is 1. The van der Waals surface area contributed by atoms with Crippen molar-refractivity contribution in [2.45, 2.75) is 51.5 Å². The Labute approximate surface area is 113 Å². The van der Waals surface area contributed by atoms with Gasteiger partial charge in [0.2, 0.25) is 5.91 Å². The molecular weight excluding hydrogens is 250 g/mol. The lowest BCUT2D eigenvalue weighted by molar-refractivity contribution is -0.155. The van der Waals surface area contributed by atoms with E-state index in [0.29, 0.717) is 25.1 Å². The van der Waals surface area contributed by atoms with E-state index < -0.39 is 11.5 Å². The first kappa shape index (κ1) is 15.3. The Bertz CT molecular complexity index is 309. The highest BCUT2D eigenvalue weighted by Gasteiger charge is 2.48. The standard InChI is InChI=1S/C13H23NO3S/c1-3-5-9-18-10-11(15)14-8-6-7-13(14,4-2)12(16)17/h3-10H2,1-2H3,(H,16,17). The van der Waals surface area contributed by atoms with Crippen molar-refractivity contribution in [3.8, 4) is 0 Å². The summed E-state index contributed by atoms with van der Waals surface area (Å²) in [5.41, 5.74) is -0.942. The van der Waals surface area contributed by atoms with Crippen LogP contribution in [0.1, 0.15) is 46.0 Å². The van der Waals surface area contributed by atoms with Crippen molar-refractivity contribution >= 4 is 23.6 Å². The van der Waals surface area contributed by atoms with Crippen LogP contribution in [0.15, 0.2) is 0 Å². The van der Waals surface area contributed by atoms with Gasteiger partial charge in [0, 0.05) is 6.54 Å². The molecule has 104 valence electrons. The van der Waals surface area contributed by atoms with Crippen molar-refractivity contribution in [1.29, 1.82) is 0 Å². The highest BCUT2D eigenvalue weighted by molar-refractivity contribution is 7.99. The van der Waals surface area contributed by atoms with E-state index >= 15 is 0 Å². The third kappa shape index (κ3) is 3.19. The molecule has 0 radical (unpaired) electrons. The monoisotopic (exact) mass is 273 g/mol. The Morgan fingerprint density at radius 3 is 2.67 bits per heavy atom. The number of hydrogen-bond acceptors (Lipinski definition) is 3. The van der Waals surface area contributed by atoms with Gasteiger partial charge in [0.05, 0.1) is 5.75 Å². The van der Waals surface area contributed by atoms with Crippen molar-refractivity contribution < 1.29 is 14.7 Å². The van der Waals surface area contributed by atoms with Gasteiger partial charge >= 0.3 is 5.97 Å². The molecule has 1 aliphatic rings. The Kier molecular flexibility index (Phi) is 5.99. The highest BCUT2D eigenvalue weighted by Crippen LogP contribution is 2.33. The molecule has 1 saturated heterocycles. The van der Waals surface area contributed by atoms with E-state index in [1.165, 1.54) is 0 Å². The van der Waals surface area contributed by atoms with Gasteiger partial charge in [-0.3, -0.25) is 4.79 Å². The van der Waals surface area contributed by atoms with E-state index in [1.54, 1.807) is 16.7 Å². The van der Waals surface area contributed by atoms with E-state index in [0.717, 1.165) is 25.0 Å². The highest BCUT2D eigenvalue weighted by atomic mass is 32.2. The van der Waals surface area contributed by atoms with Crippen LogP contribution in [0.3, 0.4) is 0 Å². The first-order valence-corrected chi connectivity index (χ1v) is 7.85. The lowest BCUT2D eigenvalue weighted by atomic mass is 9.93. The molecule has 1 N–H and O–H groups in total. The molecule has 0 saturated carbocycles. The van der Waals surface area contributed by atoms with Gasteiger partial charge in [-0.15, -0.1) is 0 Å². The van der Waals surface area contributed by atoms with E-state index in [-0.39, 0.29) is 5.91 Å². The molecule has 1 rings (SSSR count). The van der Waals surface area contributed by atoms with Crippen LogP contribution in [0.25, 0.3) is 0 Å². The second kappa shape index (κ2) is 7.02. The summed E-state index contributed by atoms with van der Waals surface area (Å²) < 4.78 is 0. The first-order chi connectivity index (χ1) is 8.58. The fourth-order valence-corrected chi connectivity index (χ4v) is 3.43. The molecule has 4 nitrogen and oxygen atoms in total. The predicted molar refractivity (Wildman–Crippen MR) is 73.8 cm³/mol. The van der Waals surface area contributed by atoms with Crippen LogP contribution < -0.4 is 0 Å². The molecule has 0 bridgehead atoms. The summed E-state index contributed by atoms with van der Waals surface area (Å²) in [7, 11) is 0. The number of amides is 1. The molecule has 0 spiro atoms. The fourth-order valence-electron chi connectivity index (χ4n) is 2.47. The maximum Gasteiger partial charge on any atom is 0.329 e. The average Bonchev–Trinajstić information content (AvgIpc) is 2.79. The van der Waals surface area contributed by atoms with Crippen LogP contribution in [0.4, 0.5) is 0 Å². The summed E-state index contributed by atoms with van der Waals surface area (Å²) in [6, 6.07) is 0. The number of carboxylic acid groups (broad SMARTS) is 1. The quantitative estimate of drug-likeness (QED) is 0.724. The molecule has 0 aliphatic carbocycles. The Morgan fingerprint density at radius 1 is 1.39 bits per heavy atom. The van der Waals surface area contributed by atoms with E-state index in [9.17, 15) is 14.7 Å². The van der Waals surface area contributed by atoms with Crippen LogP contribution >= 0.6 is 11.8 Å². The zero-order chi connectivity index (χ0) is 13.6. The van der Waals surface area contributed by atoms with Crippen molar-refractivity contribution in [3.05, 3.63) is 0 Å². The van der Waals surface area contributed by atoms with Gasteiger partial charge in [-0.05, 0) is 31.4 Å². The summed E-state index contributed by atoms with van der Waals surface area (Å²) in [5, 5.41) is 9.39. The number of carbonyl (C=O) groups is 2. The molecular formula is C13H23NO3S. The van der Waals surface area contributed by atoms with Crippen LogP contribution in [0, 0.1) is 0 Å². The maximum absolute atomic E-state index is 12.1. The van der Waals surface area contributed by atoms with Crippen molar-refractivity contribution in [3.63, 3.8) is 0 Å². The number of aliphatic carboxylic acids is 1. The minimum Gasteiger partial charge on any atom is -0.479 e. The molecule has 5 heteroatoms. The normalized spacial score (nSPS) is 23.3. The van der Waals surface area contributed by atoms with Gasteiger partial charge in [-0.1, -0.05) is 20.3 Å². The maximum atomic E-state index is 12.1. The number of thioether (sulfide) groups is 1. The molecule has 0 aromatic heterocycles. The summed E-state index contributed by atoms with van der Waals surface area (Å²) in [6.45, 7) is 4.56. The van der Waals surface area contributed by atoms with Gasteiger partial charge in [0.15, 0.2) is 0 Å². The third-order valence-electron chi connectivity index (χ3n) is 3.64. The largest absolute Gasteiger partial charge is 0.479 e. The van der Waals surface area contributed by atoms with Gasteiger partial charge in [-0.25, -0.2) is 4.79 Å². The lowest BCUT2D eigenvalue weighted by Gasteiger charge is -2.33. The number of nitrogens with zero attached hydrogens (tertiary/aromatic N) is 1. The SMILES string of the molecule is CCCCSCC(=O)N1CCCC1(CC)C(=O)O. The van der Waals surface area contributed by atoms with E-state index in [1.807, 2.05) is 6.92 Å². The van der Waals surface area contributed by atoms with Gasteiger partial charge in [0.25, 0.3) is 0 Å². The smallest absolute Gasteiger partial charge is 0.329 e. The summed E-state index contributed by atoms with van der Waals surface area (Å²) >= 11 is 1.61. The van der Waals surface area contributed by atoms with E-state index in [2.05, 4.69) is 6.92 Å². The summed E-state index contributed by atoms with van der Waals surface area (Å²) in [4.78, 5) is 25.2. The predicted octanol–water partition coefficient (Wildman–Crippen LogP) is 2.38. The second-order valence-electron chi connectivity index (χ2n) is 4.75. The van der Waals surface area contributed by atoms with Gasteiger partial charge in [-0.2, -0.15) is 11.8 Å². The Hall–Kier alpha value is -0.710. The van der Waals surface area contributed by atoms with Gasteiger partial charge < -0.3 is 10.0 Å². The minimum absolute atomic E-state index is 0.0159. The number of hydrogen-bond donors (Lipinski definition) is 1. The molecule has 0 aromatic rings. The van der Waals surface area contributed by atoms with Crippen molar-refractivity contribution in [1.82, 2.24) is 4.90 Å². The number of carboxylic acids is 1. The molecule has 0 aromatic carbocycles. The number of unbranched alkanes of at least 4 members (excludes halogenated alkanes) is 1. The Morgan fingerprint density at radius 2 is 2.11 bits per heavy atom. The third-order valence-corrected chi connectivity index (χ3v) is 4.67. The molecule has 1 heterocycles. The summed E-state index contributed by atoms with van der Waals surface area (Å²) in [6.07, 6.45) is 4.11. The summed E-state index contributed by atoms with van der Waals surface area (Å²) in [5.74, 6) is 0.518.